The van der Waals surface area contributed by atoms with Crippen molar-refractivity contribution < 1.29 is 27.1 Å². The first kappa shape index (κ1) is 23.2. The fraction of sp³-hybridized carbons (Fsp3) is 0.174. The molecule has 0 saturated heterocycles. The molecule has 3 rings (SSSR count). The average molecular weight is 459 g/mol. The van der Waals surface area contributed by atoms with Crippen LogP contribution in [-0.2, 0) is 21.2 Å². The Balaban J connectivity index is 1.90. The third-order valence-corrected chi connectivity index (χ3v) is 6.16. The fourth-order valence-electron chi connectivity index (χ4n) is 3.06. The van der Waals surface area contributed by atoms with Crippen molar-refractivity contribution in [3.8, 4) is 11.5 Å². The summed E-state index contributed by atoms with van der Waals surface area (Å²) < 4.78 is 52.9. The van der Waals surface area contributed by atoms with Crippen LogP contribution in [0.25, 0.3) is 0 Å². The number of hydrogen-bond acceptors (Lipinski definition) is 5. The normalized spacial score (nSPS) is 12.1. The highest BCUT2D eigenvalue weighted by Crippen LogP contribution is 2.29. The van der Waals surface area contributed by atoms with Crippen LogP contribution in [0.5, 0.6) is 11.5 Å². The molecule has 2 N–H and O–H groups in total. The number of rotatable bonds is 9. The van der Waals surface area contributed by atoms with E-state index in [4.69, 9.17) is 9.47 Å². The zero-order valence-electron chi connectivity index (χ0n) is 17.5. The van der Waals surface area contributed by atoms with E-state index in [2.05, 4.69) is 10.0 Å². The number of carbonyl (C=O) groups is 1. The van der Waals surface area contributed by atoms with E-state index in [0.29, 0.717) is 5.75 Å². The number of ether oxygens (including phenoxy) is 2. The lowest BCUT2D eigenvalue weighted by Gasteiger charge is -2.19. The number of benzene rings is 3. The van der Waals surface area contributed by atoms with Crippen molar-refractivity contribution in [2.45, 2.75) is 17.4 Å². The number of amides is 1. The maximum atomic E-state index is 14.0. The first-order valence-corrected chi connectivity index (χ1v) is 11.2. The van der Waals surface area contributed by atoms with Crippen LogP contribution in [0.3, 0.4) is 0 Å². The molecule has 0 saturated carbocycles. The van der Waals surface area contributed by atoms with E-state index in [9.17, 15) is 17.6 Å². The summed E-state index contributed by atoms with van der Waals surface area (Å²) >= 11 is 0. The van der Waals surface area contributed by atoms with Gasteiger partial charge in [-0.2, -0.15) is 4.72 Å². The molecule has 0 heterocycles. The molecule has 0 bridgehead atoms. The highest BCUT2D eigenvalue weighted by atomic mass is 32.2. The maximum Gasteiger partial charge on any atom is 0.242 e. The molecule has 32 heavy (non-hydrogen) atoms. The lowest BCUT2D eigenvalue weighted by molar-refractivity contribution is -0.117. The minimum atomic E-state index is -4.12. The molecule has 168 valence electrons. The molecule has 9 heteroatoms. The van der Waals surface area contributed by atoms with Crippen LogP contribution in [0.15, 0.2) is 77.7 Å². The highest BCUT2D eigenvalue weighted by molar-refractivity contribution is 7.89. The summed E-state index contributed by atoms with van der Waals surface area (Å²) in [6, 6.07) is 17.5. The van der Waals surface area contributed by atoms with Crippen molar-refractivity contribution in [1.29, 1.82) is 0 Å². The van der Waals surface area contributed by atoms with Gasteiger partial charge in [0.05, 0.1) is 24.8 Å². The number of methoxy groups -OCH3 is 2. The summed E-state index contributed by atoms with van der Waals surface area (Å²) in [5.74, 6) is -0.722. The Morgan fingerprint density at radius 3 is 2.25 bits per heavy atom. The molecule has 1 unspecified atom stereocenters. The molecule has 3 aromatic rings. The Labute approximate surface area is 186 Å². The van der Waals surface area contributed by atoms with Crippen molar-refractivity contribution in [3.05, 3.63) is 84.2 Å². The first-order valence-electron chi connectivity index (χ1n) is 9.67. The van der Waals surface area contributed by atoms with Gasteiger partial charge in [0.1, 0.15) is 11.9 Å². The number of nitrogens with one attached hydrogen (secondary N) is 2. The third kappa shape index (κ3) is 5.63. The predicted octanol–water partition coefficient (Wildman–Crippen LogP) is 3.37. The summed E-state index contributed by atoms with van der Waals surface area (Å²) in [6.07, 6.45) is 0.0631. The van der Waals surface area contributed by atoms with E-state index in [1.165, 1.54) is 50.6 Å². The number of halogens is 1. The topological polar surface area (TPSA) is 93.7 Å². The van der Waals surface area contributed by atoms with Gasteiger partial charge < -0.3 is 14.8 Å². The van der Waals surface area contributed by atoms with Crippen molar-refractivity contribution in [2.75, 3.05) is 19.5 Å². The molecular formula is C23H23FN2O5S. The molecule has 0 aliphatic heterocycles. The third-order valence-electron chi connectivity index (χ3n) is 4.69. The molecule has 0 fully saturated rings. The molecule has 0 radical (unpaired) electrons. The summed E-state index contributed by atoms with van der Waals surface area (Å²) in [6.45, 7) is 0. The van der Waals surface area contributed by atoms with Gasteiger partial charge in [0.25, 0.3) is 0 Å². The quantitative estimate of drug-likeness (QED) is 0.513. The zero-order chi connectivity index (χ0) is 23.1. The van der Waals surface area contributed by atoms with Gasteiger partial charge in [-0.05, 0) is 36.2 Å². The molecule has 0 aromatic heterocycles. The molecular weight excluding hydrogens is 435 g/mol. The van der Waals surface area contributed by atoms with E-state index >= 15 is 0 Å². The smallest absolute Gasteiger partial charge is 0.242 e. The molecule has 7 nitrogen and oxygen atoms in total. The van der Waals surface area contributed by atoms with Crippen LogP contribution in [0.2, 0.25) is 0 Å². The van der Waals surface area contributed by atoms with Gasteiger partial charge in [-0.3, -0.25) is 4.79 Å². The van der Waals surface area contributed by atoms with Gasteiger partial charge in [0.2, 0.25) is 15.9 Å². The second kappa shape index (κ2) is 10.3. The van der Waals surface area contributed by atoms with Crippen LogP contribution in [0.1, 0.15) is 5.56 Å². The van der Waals surface area contributed by atoms with E-state index < -0.39 is 27.8 Å². The number of para-hydroxylation sites is 1. The summed E-state index contributed by atoms with van der Waals surface area (Å²) in [4.78, 5) is 12.8. The number of sulfonamides is 1. The van der Waals surface area contributed by atoms with Crippen LogP contribution >= 0.6 is 0 Å². The van der Waals surface area contributed by atoms with Crippen molar-refractivity contribution in [1.82, 2.24) is 4.72 Å². The molecule has 0 spiro atoms. The van der Waals surface area contributed by atoms with Crippen LogP contribution < -0.4 is 19.5 Å². The molecule has 1 atom stereocenters. The zero-order valence-corrected chi connectivity index (χ0v) is 18.4. The Morgan fingerprint density at radius 1 is 0.938 bits per heavy atom. The Kier molecular flexibility index (Phi) is 7.45. The minimum absolute atomic E-state index is 0.0409. The van der Waals surface area contributed by atoms with E-state index in [1.807, 2.05) is 6.07 Å². The summed E-state index contributed by atoms with van der Waals surface area (Å²) in [7, 11) is -1.30. The largest absolute Gasteiger partial charge is 0.493 e. The standard InChI is InChI=1S/C23H23FN2O5S/c1-30-21-13-12-17(15-22(21)31-2)32(28,29)26-20(14-16-8-4-3-5-9-16)23(27)25-19-11-7-6-10-18(19)24/h3-13,15,20,26H,14H2,1-2H3,(H,25,27). The SMILES string of the molecule is COc1ccc(S(=O)(=O)NC(Cc2ccccc2)C(=O)Nc2ccccc2F)cc1OC. The van der Waals surface area contributed by atoms with Gasteiger partial charge >= 0.3 is 0 Å². The van der Waals surface area contributed by atoms with Gasteiger partial charge in [-0.15, -0.1) is 0 Å². The molecule has 0 aliphatic rings. The summed E-state index contributed by atoms with van der Waals surface area (Å²) in [5, 5.41) is 2.46. The fourth-order valence-corrected chi connectivity index (χ4v) is 4.27. The van der Waals surface area contributed by atoms with Crippen molar-refractivity contribution in [2.24, 2.45) is 0 Å². The predicted molar refractivity (Wildman–Crippen MR) is 119 cm³/mol. The van der Waals surface area contributed by atoms with E-state index in [1.54, 1.807) is 30.3 Å². The summed E-state index contributed by atoms with van der Waals surface area (Å²) in [5.41, 5.74) is 0.692. The minimum Gasteiger partial charge on any atom is -0.493 e. The van der Waals surface area contributed by atoms with Crippen molar-refractivity contribution >= 4 is 21.6 Å². The van der Waals surface area contributed by atoms with Crippen LogP contribution in [-0.4, -0.2) is 34.6 Å². The van der Waals surface area contributed by atoms with Crippen LogP contribution in [0.4, 0.5) is 10.1 Å². The molecule has 3 aromatic carbocycles. The van der Waals surface area contributed by atoms with Gasteiger partial charge in [-0.1, -0.05) is 42.5 Å². The first-order chi connectivity index (χ1) is 15.3. The number of hydrogen-bond donors (Lipinski definition) is 2. The maximum absolute atomic E-state index is 14.0. The van der Waals surface area contributed by atoms with Crippen molar-refractivity contribution in [3.63, 3.8) is 0 Å². The molecule has 0 aliphatic carbocycles. The average Bonchev–Trinajstić information content (AvgIpc) is 2.80. The van der Waals surface area contributed by atoms with Gasteiger partial charge in [-0.25, -0.2) is 12.8 Å². The highest BCUT2D eigenvalue weighted by Gasteiger charge is 2.27. The number of carbonyl (C=O) groups excluding carboxylic acids is 1. The van der Waals surface area contributed by atoms with Gasteiger partial charge in [0, 0.05) is 6.07 Å². The Morgan fingerprint density at radius 2 is 1.59 bits per heavy atom. The lowest BCUT2D eigenvalue weighted by atomic mass is 10.1. The monoisotopic (exact) mass is 458 g/mol. The molecule has 1 amide bonds. The van der Waals surface area contributed by atoms with E-state index in [0.717, 1.165) is 5.56 Å². The second-order valence-electron chi connectivity index (χ2n) is 6.85. The van der Waals surface area contributed by atoms with Gasteiger partial charge in [0.15, 0.2) is 11.5 Å². The lowest BCUT2D eigenvalue weighted by Crippen LogP contribution is -2.45. The second-order valence-corrected chi connectivity index (χ2v) is 8.56. The Hall–Kier alpha value is -3.43. The Bertz CT molecular complexity index is 1190. The van der Waals surface area contributed by atoms with Crippen LogP contribution in [0, 0.1) is 5.82 Å². The van der Waals surface area contributed by atoms with E-state index in [-0.39, 0.29) is 22.8 Å². The number of anilines is 1.